The molecule has 1 aliphatic carbocycles. The number of benzene rings is 1. The number of alkyl halides is 1. The van der Waals surface area contributed by atoms with Crippen LogP contribution in [0.1, 0.15) is 50.2 Å². The fraction of sp³-hybridized carbons (Fsp3) is 0.464. The molecule has 0 radical (unpaired) electrons. The minimum atomic E-state index is -1.77. The predicted octanol–water partition coefficient (Wildman–Crippen LogP) is 4.02. The van der Waals surface area contributed by atoms with Gasteiger partial charge in [0.25, 0.3) is 0 Å². The lowest BCUT2D eigenvalue weighted by Crippen LogP contribution is -2.37. The average molecular weight is 601 g/mol. The Morgan fingerprint density at radius 1 is 1.29 bits per heavy atom. The van der Waals surface area contributed by atoms with E-state index in [0.29, 0.717) is 47.6 Å². The number of anilines is 1. The molecule has 3 aromatic rings. The van der Waals surface area contributed by atoms with Crippen molar-refractivity contribution in [3.05, 3.63) is 46.9 Å². The monoisotopic (exact) mass is 600 g/mol. The second-order valence-corrected chi connectivity index (χ2v) is 11.5. The zero-order valence-electron chi connectivity index (χ0n) is 24.3. The topological polar surface area (TPSA) is 126 Å². The summed E-state index contributed by atoms with van der Waals surface area (Å²) in [5.74, 6) is 0.487. The number of imidazole rings is 1. The third kappa shape index (κ3) is 5.37. The van der Waals surface area contributed by atoms with Gasteiger partial charge in [0.2, 0.25) is 17.8 Å². The van der Waals surface area contributed by atoms with Crippen LogP contribution in [0, 0.1) is 11.7 Å². The number of halogens is 2. The van der Waals surface area contributed by atoms with Crippen LogP contribution in [-0.2, 0) is 34.6 Å². The number of hydrogen-bond acceptors (Lipinski definition) is 8. The molecule has 42 heavy (non-hydrogen) atoms. The zero-order chi connectivity index (χ0) is 30.3. The molecule has 2 N–H and O–H groups in total. The first-order valence-corrected chi connectivity index (χ1v) is 14.3. The SMILES string of the molecule is CCn1cc(C(C)(F)P)nc1-c1ccc(CN2C(=O)CCn3nc(C(C(=NC)OC)=C(N)C4CC4)nc32)c(OC)c1F. The van der Waals surface area contributed by atoms with Crippen molar-refractivity contribution in [2.75, 3.05) is 26.2 Å². The minimum absolute atomic E-state index is 0.0187. The highest BCUT2D eigenvalue weighted by atomic mass is 31.0. The zero-order valence-corrected chi connectivity index (χ0v) is 25.5. The quantitative estimate of drug-likeness (QED) is 0.223. The Morgan fingerprint density at radius 2 is 2.02 bits per heavy atom. The summed E-state index contributed by atoms with van der Waals surface area (Å²) in [6.07, 6.45) is 3.66. The molecule has 2 unspecified atom stereocenters. The van der Waals surface area contributed by atoms with Crippen LogP contribution in [-0.4, -0.2) is 57.4 Å². The predicted molar refractivity (Wildman–Crippen MR) is 158 cm³/mol. The smallest absolute Gasteiger partial charge is 0.231 e. The van der Waals surface area contributed by atoms with Gasteiger partial charge in [-0.2, -0.15) is 4.98 Å². The summed E-state index contributed by atoms with van der Waals surface area (Å²) in [5, 5.41) is 2.87. The van der Waals surface area contributed by atoms with E-state index in [9.17, 15) is 9.18 Å². The maximum Gasteiger partial charge on any atom is 0.231 e. The second-order valence-electron chi connectivity index (χ2n) is 10.5. The summed E-state index contributed by atoms with van der Waals surface area (Å²) in [6.45, 7) is 4.00. The Labute approximate surface area is 245 Å². The molecule has 3 heterocycles. The highest BCUT2D eigenvalue weighted by Crippen LogP contribution is 2.39. The van der Waals surface area contributed by atoms with Gasteiger partial charge in [0.05, 0.1) is 38.6 Å². The van der Waals surface area contributed by atoms with Crippen LogP contribution < -0.4 is 15.4 Å². The molecule has 1 saturated carbocycles. The number of carbonyl (C=O) groups is 1. The molecule has 0 spiro atoms. The number of hydrogen-bond donors (Lipinski definition) is 1. The van der Waals surface area contributed by atoms with E-state index in [1.165, 1.54) is 26.0 Å². The summed E-state index contributed by atoms with van der Waals surface area (Å²) >= 11 is 0. The molecule has 5 rings (SSSR count). The van der Waals surface area contributed by atoms with E-state index in [1.54, 1.807) is 34.6 Å². The van der Waals surface area contributed by atoms with Crippen molar-refractivity contribution >= 4 is 32.6 Å². The molecule has 2 atom stereocenters. The van der Waals surface area contributed by atoms with Gasteiger partial charge in [0, 0.05) is 37.5 Å². The van der Waals surface area contributed by atoms with E-state index in [4.69, 9.17) is 20.2 Å². The average Bonchev–Trinajstić information content (AvgIpc) is 3.57. The number of ether oxygens (including phenoxy) is 2. The highest BCUT2D eigenvalue weighted by molar-refractivity contribution is 7.18. The molecule has 224 valence electrons. The number of allylic oxidation sites excluding steroid dienone is 1. The summed E-state index contributed by atoms with van der Waals surface area (Å²) in [4.78, 5) is 27.9. The van der Waals surface area contributed by atoms with Gasteiger partial charge in [-0.05, 0) is 38.7 Å². The normalized spacial score (nSPS) is 17.6. The number of methoxy groups -OCH3 is 2. The Kier molecular flexibility index (Phi) is 8.06. The molecular weight excluding hydrogens is 565 g/mol. The molecule has 1 aromatic carbocycles. The molecule has 11 nitrogen and oxygen atoms in total. The number of amides is 1. The van der Waals surface area contributed by atoms with Crippen LogP contribution in [0.3, 0.4) is 0 Å². The third-order valence-corrected chi connectivity index (χ3v) is 7.74. The molecule has 0 bridgehead atoms. The third-order valence-electron chi connectivity index (χ3n) is 7.44. The summed E-state index contributed by atoms with van der Waals surface area (Å²) in [7, 11) is 6.56. The lowest BCUT2D eigenvalue weighted by atomic mass is 10.1. The van der Waals surface area contributed by atoms with Crippen molar-refractivity contribution in [2.24, 2.45) is 16.6 Å². The standard InChI is InChI=1S/C28H35F2N8O3P/c1-6-36-14-18(28(2,30)42)33-25(36)17-10-9-16(23(40-4)21(17)29)13-37-19(39)11-12-38-27(37)34-24(35-38)20(26(32-3)41-5)22(31)15-7-8-15/h9-10,14-15H,6-8,11-13,31,42H2,1-5H3. The lowest BCUT2D eigenvalue weighted by Gasteiger charge is -2.26. The summed E-state index contributed by atoms with van der Waals surface area (Å²) in [6, 6.07) is 3.24. The Balaban J connectivity index is 1.53. The Morgan fingerprint density at radius 3 is 2.62 bits per heavy atom. The van der Waals surface area contributed by atoms with Crippen molar-refractivity contribution in [2.45, 2.75) is 58.2 Å². The van der Waals surface area contributed by atoms with Crippen LogP contribution >= 0.6 is 9.24 Å². The first kappa shape index (κ1) is 29.6. The van der Waals surface area contributed by atoms with Crippen LogP contribution in [0.25, 0.3) is 17.0 Å². The lowest BCUT2D eigenvalue weighted by molar-refractivity contribution is -0.119. The number of carbonyl (C=O) groups excluding carboxylic acids is 1. The maximum atomic E-state index is 16.0. The molecule has 1 amide bonds. The van der Waals surface area contributed by atoms with Gasteiger partial charge in [-0.1, -0.05) is 15.3 Å². The molecular formula is C28H35F2N8O3P. The number of nitrogens with two attached hydrogens (primary N) is 1. The van der Waals surface area contributed by atoms with E-state index in [2.05, 4.69) is 24.3 Å². The van der Waals surface area contributed by atoms with Crippen molar-refractivity contribution in [3.8, 4) is 17.1 Å². The largest absolute Gasteiger partial charge is 0.493 e. The number of fused-ring (bicyclic) bond motifs is 1. The summed E-state index contributed by atoms with van der Waals surface area (Å²) < 4.78 is 44.9. The minimum Gasteiger partial charge on any atom is -0.493 e. The van der Waals surface area contributed by atoms with E-state index in [1.807, 2.05) is 6.92 Å². The molecule has 1 aliphatic heterocycles. The Hall–Kier alpha value is -3.86. The number of aliphatic imine (C=N–C) groups is 1. The molecule has 0 saturated heterocycles. The second kappa shape index (κ2) is 11.4. The van der Waals surface area contributed by atoms with Gasteiger partial charge in [-0.3, -0.25) is 14.7 Å². The van der Waals surface area contributed by atoms with Crippen LogP contribution in [0.15, 0.2) is 29.0 Å². The number of aromatic nitrogens is 5. The van der Waals surface area contributed by atoms with Gasteiger partial charge in [-0.25, -0.2) is 18.4 Å². The first-order chi connectivity index (χ1) is 20.0. The van der Waals surface area contributed by atoms with Gasteiger partial charge in [-0.15, -0.1) is 5.10 Å². The van der Waals surface area contributed by atoms with Gasteiger partial charge >= 0.3 is 0 Å². The molecule has 2 aliphatic rings. The van der Waals surface area contributed by atoms with Crippen molar-refractivity contribution in [1.82, 2.24) is 24.3 Å². The van der Waals surface area contributed by atoms with Gasteiger partial charge in [0.15, 0.2) is 22.8 Å². The van der Waals surface area contributed by atoms with Crippen molar-refractivity contribution in [1.29, 1.82) is 0 Å². The summed E-state index contributed by atoms with van der Waals surface area (Å²) in [5.41, 5.74) is 8.32. The molecule has 14 heteroatoms. The highest BCUT2D eigenvalue weighted by Gasteiger charge is 2.35. The number of rotatable bonds is 9. The van der Waals surface area contributed by atoms with Crippen LogP contribution in [0.5, 0.6) is 5.75 Å². The van der Waals surface area contributed by atoms with Gasteiger partial charge in [0.1, 0.15) is 11.4 Å². The molecule has 1 fully saturated rings. The fourth-order valence-electron chi connectivity index (χ4n) is 5.04. The van der Waals surface area contributed by atoms with Crippen LogP contribution in [0.2, 0.25) is 0 Å². The van der Waals surface area contributed by atoms with E-state index < -0.39 is 11.2 Å². The number of aryl methyl sites for hydroxylation is 2. The van der Waals surface area contributed by atoms with Crippen LogP contribution in [0.4, 0.5) is 14.7 Å². The Bertz CT molecular complexity index is 1590. The number of nitrogens with zero attached hydrogens (tertiary/aromatic N) is 7. The van der Waals surface area contributed by atoms with E-state index >= 15 is 4.39 Å². The van der Waals surface area contributed by atoms with Crippen molar-refractivity contribution in [3.63, 3.8) is 0 Å². The van der Waals surface area contributed by atoms with Gasteiger partial charge < -0.3 is 19.8 Å². The molecule has 2 aromatic heterocycles. The fourth-order valence-corrected chi connectivity index (χ4v) is 5.18. The van der Waals surface area contributed by atoms with E-state index in [-0.39, 0.29) is 47.6 Å². The van der Waals surface area contributed by atoms with E-state index in [0.717, 1.165) is 12.8 Å². The maximum absolute atomic E-state index is 16.0. The van der Waals surface area contributed by atoms with Crippen molar-refractivity contribution < 1.29 is 23.0 Å². The first-order valence-electron chi connectivity index (χ1n) is 13.7.